The lowest BCUT2D eigenvalue weighted by atomic mass is 9.89. The van der Waals surface area contributed by atoms with E-state index in [9.17, 15) is 18.4 Å². The molecule has 5 nitrogen and oxygen atoms in total. The summed E-state index contributed by atoms with van der Waals surface area (Å²) in [6.45, 7) is 3.36. The number of hydrogen-bond acceptors (Lipinski definition) is 4. The van der Waals surface area contributed by atoms with Gasteiger partial charge in [0.2, 0.25) is 0 Å². The molecule has 0 spiro atoms. The van der Waals surface area contributed by atoms with E-state index in [4.69, 9.17) is 0 Å². The van der Waals surface area contributed by atoms with E-state index >= 15 is 0 Å². The van der Waals surface area contributed by atoms with Crippen LogP contribution in [0.3, 0.4) is 0 Å². The first kappa shape index (κ1) is 19.4. The van der Waals surface area contributed by atoms with Gasteiger partial charge in [-0.2, -0.15) is 5.10 Å². The average Bonchev–Trinajstić information content (AvgIpc) is 2.73. The number of carbonyl (C=O) groups excluding carboxylic acids is 1. The number of fused-ring (bicyclic) bond motifs is 1. The summed E-state index contributed by atoms with van der Waals surface area (Å²) >= 11 is 0. The molecule has 1 aliphatic heterocycles. The van der Waals surface area contributed by atoms with Gasteiger partial charge < -0.3 is 0 Å². The van der Waals surface area contributed by atoms with E-state index in [1.165, 1.54) is 4.68 Å². The van der Waals surface area contributed by atoms with E-state index in [0.29, 0.717) is 38.0 Å². The Balaban J connectivity index is 1.46. The van der Waals surface area contributed by atoms with Gasteiger partial charge in [0, 0.05) is 24.4 Å². The van der Waals surface area contributed by atoms with Crippen LogP contribution in [-0.2, 0) is 6.67 Å². The van der Waals surface area contributed by atoms with Gasteiger partial charge in [0.25, 0.3) is 5.56 Å². The fraction of sp³-hybridized carbons (Fsp3) is 0.318. The van der Waals surface area contributed by atoms with Crippen LogP contribution in [-0.4, -0.2) is 33.6 Å². The molecule has 1 fully saturated rings. The van der Waals surface area contributed by atoms with Crippen LogP contribution >= 0.6 is 0 Å². The third-order valence-corrected chi connectivity index (χ3v) is 5.54. The van der Waals surface area contributed by atoms with Crippen molar-refractivity contribution in [2.75, 3.05) is 13.1 Å². The van der Waals surface area contributed by atoms with Crippen molar-refractivity contribution >= 4 is 16.6 Å². The smallest absolute Gasteiger partial charge is 0.275 e. The van der Waals surface area contributed by atoms with E-state index < -0.39 is 11.6 Å². The first-order valence-electron chi connectivity index (χ1n) is 9.62. The third-order valence-electron chi connectivity index (χ3n) is 5.54. The number of aryl methyl sites for hydroxylation is 1. The van der Waals surface area contributed by atoms with Crippen molar-refractivity contribution in [2.45, 2.75) is 26.4 Å². The SMILES string of the molecule is Cc1nn(CN2CCC(C(=O)c3cc(F)ccc3F)CC2)c(=O)c2ccccc12. The molecule has 0 aliphatic carbocycles. The second kappa shape index (κ2) is 7.83. The molecule has 1 saturated heterocycles. The number of ketones is 1. The minimum atomic E-state index is -0.693. The van der Waals surface area contributed by atoms with Crippen molar-refractivity contribution in [3.63, 3.8) is 0 Å². The molecule has 1 aromatic heterocycles. The van der Waals surface area contributed by atoms with Gasteiger partial charge in [-0.15, -0.1) is 0 Å². The van der Waals surface area contributed by atoms with Gasteiger partial charge in [0.1, 0.15) is 11.6 Å². The van der Waals surface area contributed by atoms with Gasteiger partial charge in [0.05, 0.1) is 23.3 Å². The molecule has 0 saturated carbocycles. The summed E-state index contributed by atoms with van der Waals surface area (Å²) in [6, 6.07) is 10.3. The first-order valence-corrected chi connectivity index (χ1v) is 9.62. The fourth-order valence-corrected chi connectivity index (χ4v) is 3.93. The first-order chi connectivity index (χ1) is 13.9. The Kier molecular flexibility index (Phi) is 5.24. The van der Waals surface area contributed by atoms with E-state index in [-0.39, 0.29) is 22.8 Å². The van der Waals surface area contributed by atoms with Crippen LogP contribution in [0, 0.1) is 24.5 Å². The number of halogens is 2. The van der Waals surface area contributed by atoms with Gasteiger partial charge in [-0.1, -0.05) is 18.2 Å². The lowest BCUT2D eigenvalue weighted by Gasteiger charge is -2.31. The zero-order valence-corrected chi connectivity index (χ0v) is 16.1. The van der Waals surface area contributed by atoms with Gasteiger partial charge in [-0.05, 0) is 44.0 Å². The highest BCUT2D eigenvalue weighted by molar-refractivity contribution is 5.98. The number of likely N-dealkylation sites (tertiary alicyclic amines) is 1. The third kappa shape index (κ3) is 3.82. The van der Waals surface area contributed by atoms with E-state index in [1.807, 2.05) is 30.0 Å². The molecule has 2 heterocycles. The number of Topliss-reactive ketones (excluding diaryl/α,β-unsaturated/α-hetero) is 1. The summed E-state index contributed by atoms with van der Waals surface area (Å²) in [5.74, 6) is -2.03. The molecular formula is C22H21F2N3O2. The number of rotatable bonds is 4. The molecular weight excluding hydrogens is 376 g/mol. The van der Waals surface area contributed by atoms with Crippen LogP contribution in [0.25, 0.3) is 10.8 Å². The molecule has 1 aliphatic rings. The molecule has 0 N–H and O–H groups in total. The lowest BCUT2D eigenvalue weighted by Crippen LogP contribution is -2.40. The van der Waals surface area contributed by atoms with Gasteiger partial charge in [0.15, 0.2) is 5.78 Å². The predicted octanol–water partition coefficient (Wildman–Crippen LogP) is 3.54. The van der Waals surface area contributed by atoms with Gasteiger partial charge in [-0.3, -0.25) is 14.5 Å². The highest BCUT2D eigenvalue weighted by Crippen LogP contribution is 2.24. The quantitative estimate of drug-likeness (QED) is 0.632. The zero-order valence-electron chi connectivity index (χ0n) is 16.1. The second-order valence-corrected chi connectivity index (χ2v) is 7.46. The van der Waals surface area contributed by atoms with Crippen LogP contribution in [0.2, 0.25) is 0 Å². The van der Waals surface area contributed by atoms with Crippen LogP contribution in [0.5, 0.6) is 0 Å². The van der Waals surface area contributed by atoms with Gasteiger partial charge in [-0.25, -0.2) is 13.5 Å². The number of aromatic nitrogens is 2. The summed E-state index contributed by atoms with van der Waals surface area (Å²) in [5.41, 5.74) is 0.449. The molecule has 0 atom stereocenters. The number of benzene rings is 2. The molecule has 2 aromatic carbocycles. The summed E-state index contributed by atoms with van der Waals surface area (Å²) in [4.78, 5) is 27.4. The minimum absolute atomic E-state index is 0.147. The number of carbonyl (C=O) groups is 1. The lowest BCUT2D eigenvalue weighted by molar-refractivity contribution is 0.0797. The molecule has 0 radical (unpaired) electrons. The maximum atomic E-state index is 13.9. The molecule has 4 rings (SSSR count). The summed E-state index contributed by atoms with van der Waals surface area (Å²) in [7, 11) is 0. The van der Waals surface area contributed by atoms with Crippen molar-refractivity contribution in [3.05, 3.63) is 75.7 Å². The Hall–Kier alpha value is -2.93. The molecule has 7 heteroatoms. The minimum Gasteiger partial charge on any atom is -0.294 e. The van der Waals surface area contributed by atoms with Crippen molar-refractivity contribution in [1.82, 2.24) is 14.7 Å². The highest BCUT2D eigenvalue weighted by atomic mass is 19.1. The highest BCUT2D eigenvalue weighted by Gasteiger charge is 2.28. The molecule has 0 amide bonds. The molecule has 29 heavy (non-hydrogen) atoms. The Bertz CT molecular complexity index is 1130. The van der Waals surface area contributed by atoms with Crippen molar-refractivity contribution in [1.29, 1.82) is 0 Å². The Morgan fingerprint density at radius 2 is 1.79 bits per heavy atom. The molecule has 150 valence electrons. The molecule has 0 unspecified atom stereocenters. The zero-order chi connectivity index (χ0) is 20.5. The monoisotopic (exact) mass is 397 g/mol. The van der Waals surface area contributed by atoms with E-state index in [2.05, 4.69) is 5.10 Å². The summed E-state index contributed by atoms with van der Waals surface area (Å²) < 4.78 is 28.7. The van der Waals surface area contributed by atoms with Crippen LogP contribution < -0.4 is 5.56 Å². The molecule has 3 aromatic rings. The molecule has 0 bridgehead atoms. The van der Waals surface area contributed by atoms with Gasteiger partial charge >= 0.3 is 0 Å². The fourth-order valence-electron chi connectivity index (χ4n) is 3.93. The average molecular weight is 397 g/mol. The normalized spacial score (nSPS) is 15.7. The number of hydrogen-bond donors (Lipinski definition) is 0. The van der Waals surface area contributed by atoms with Crippen molar-refractivity contribution in [2.24, 2.45) is 5.92 Å². The topological polar surface area (TPSA) is 55.2 Å². The Labute approximate surface area is 166 Å². The van der Waals surface area contributed by atoms with Crippen LogP contribution in [0.4, 0.5) is 8.78 Å². The largest absolute Gasteiger partial charge is 0.294 e. The van der Waals surface area contributed by atoms with Crippen LogP contribution in [0.15, 0.2) is 47.3 Å². The van der Waals surface area contributed by atoms with E-state index in [0.717, 1.165) is 29.3 Å². The standard InChI is InChI=1S/C22H21F2N3O2/c1-14-17-4-2-3-5-18(17)22(29)27(25-14)13-26-10-8-15(9-11-26)21(28)19-12-16(23)6-7-20(19)24/h2-7,12,15H,8-11,13H2,1H3. The number of piperidine rings is 1. The Morgan fingerprint density at radius 3 is 2.52 bits per heavy atom. The predicted molar refractivity (Wildman–Crippen MR) is 106 cm³/mol. The van der Waals surface area contributed by atoms with Crippen molar-refractivity contribution < 1.29 is 13.6 Å². The maximum Gasteiger partial charge on any atom is 0.275 e. The Morgan fingerprint density at radius 1 is 1.10 bits per heavy atom. The summed E-state index contributed by atoms with van der Waals surface area (Å²) in [5, 5.41) is 5.90. The maximum absolute atomic E-state index is 13.9. The number of nitrogens with zero attached hydrogens (tertiary/aromatic N) is 3. The van der Waals surface area contributed by atoms with Crippen LogP contribution in [0.1, 0.15) is 28.9 Å². The summed E-state index contributed by atoms with van der Waals surface area (Å²) in [6.07, 6.45) is 1.05. The van der Waals surface area contributed by atoms with Crippen molar-refractivity contribution in [3.8, 4) is 0 Å². The van der Waals surface area contributed by atoms with E-state index in [1.54, 1.807) is 6.07 Å². The second-order valence-electron chi connectivity index (χ2n) is 7.46.